The average molecular weight is 288 g/mol. The van der Waals surface area contributed by atoms with E-state index in [2.05, 4.69) is 5.32 Å². The second kappa shape index (κ2) is 6.86. The molecule has 0 aliphatic carbocycles. The van der Waals surface area contributed by atoms with Crippen molar-refractivity contribution in [2.45, 2.75) is 4.90 Å². The van der Waals surface area contributed by atoms with Gasteiger partial charge in [-0.3, -0.25) is 4.79 Å². The van der Waals surface area contributed by atoms with Crippen molar-refractivity contribution < 1.29 is 9.53 Å². The largest absolute Gasteiger partial charge is 0.484 e. The van der Waals surface area contributed by atoms with Crippen LogP contribution in [-0.4, -0.2) is 18.8 Å². The molecule has 20 heavy (non-hydrogen) atoms. The summed E-state index contributed by atoms with van der Waals surface area (Å²) >= 11 is 1.66. The number of carbonyl (C=O) groups excluding carboxylic acids is 1. The predicted molar refractivity (Wildman–Crippen MR) is 83.2 cm³/mol. The van der Waals surface area contributed by atoms with Gasteiger partial charge in [-0.2, -0.15) is 0 Å². The smallest absolute Gasteiger partial charge is 0.262 e. The van der Waals surface area contributed by atoms with E-state index in [1.165, 1.54) is 0 Å². The second-order valence-corrected chi connectivity index (χ2v) is 5.02. The Balaban J connectivity index is 1.85. The van der Waals surface area contributed by atoms with Gasteiger partial charge in [0.05, 0.1) is 0 Å². The van der Waals surface area contributed by atoms with Crippen molar-refractivity contribution in [2.75, 3.05) is 23.9 Å². The van der Waals surface area contributed by atoms with E-state index >= 15 is 0 Å². The first-order chi connectivity index (χ1) is 9.67. The second-order valence-electron chi connectivity index (χ2n) is 4.14. The Hall–Kier alpha value is -2.14. The maximum Gasteiger partial charge on any atom is 0.262 e. The van der Waals surface area contributed by atoms with E-state index in [1.54, 1.807) is 36.0 Å². The molecule has 0 aromatic heterocycles. The molecule has 0 fully saturated rings. The number of amides is 1. The third kappa shape index (κ3) is 4.20. The van der Waals surface area contributed by atoms with Gasteiger partial charge >= 0.3 is 0 Å². The van der Waals surface area contributed by atoms with Crippen LogP contribution in [0.1, 0.15) is 0 Å². The number of nitrogens with one attached hydrogen (secondary N) is 1. The summed E-state index contributed by atoms with van der Waals surface area (Å²) < 4.78 is 5.37. The molecule has 104 valence electrons. The summed E-state index contributed by atoms with van der Waals surface area (Å²) in [6, 6.07) is 14.6. The summed E-state index contributed by atoms with van der Waals surface area (Å²) in [5, 5.41) is 2.77. The van der Waals surface area contributed by atoms with Gasteiger partial charge < -0.3 is 15.8 Å². The maximum absolute atomic E-state index is 11.8. The molecule has 2 aromatic rings. The Morgan fingerprint density at radius 3 is 2.65 bits per heavy atom. The highest BCUT2D eigenvalue weighted by Gasteiger charge is 2.04. The summed E-state index contributed by atoms with van der Waals surface area (Å²) in [4.78, 5) is 12.9. The van der Waals surface area contributed by atoms with Crippen LogP contribution < -0.4 is 15.8 Å². The van der Waals surface area contributed by atoms with Crippen LogP contribution in [0.3, 0.4) is 0 Å². The Labute approximate surface area is 122 Å². The first kappa shape index (κ1) is 14.3. The standard InChI is InChI=1S/C15H16N2O2S/c1-20-14-7-5-12(6-8-14)17-15(18)10-19-13-4-2-3-11(16)9-13/h2-9H,10,16H2,1H3,(H,17,18). The number of anilines is 2. The molecule has 0 atom stereocenters. The van der Waals surface area contributed by atoms with E-state index < -0.39 is 0 Å². The fourth-order valence-corrected chi connectivity index (χ4v) is 2.03. The first-order valence-corrected chi connectivity index (χ1v) is 7.32. The highest BCUT2D eigenvalue weighted by Crippen LogP contribution is 2.18. The lowest BCUT2D eigenvalue weighted by molar-refractivity contribution is -0.118. The third-order valence-electron chi connectivity index (χ3n) is 2.60. The van der Waals surface area contributed by atoms with Gasteiger partial charge in [0.2, 0.25) is 0 Å². The van der Waals surface area contributed by atoms with E-state index in [4.69, 9.17) is 10.5 Å². The highest BCUT2D eigenvalue weighted by molar-refractivity contribution is 7.98. The molecule has 0 bridgehead atoms. The number of benzene rings is 2. The van der Waals surface area contributed by atoms with Crippen molar-refractivity contribution in [2.24, 2.45) is 0 Å². The Morgan fingerprint density at radius 1 is 1.25 bits per heavy atom. The molecule has 0 aliphatic heterocycles. The maximum atomic E-state index is 11.8. The van der Waals surface area contributed by atoms with Gasteiger partial charge in [0, 0.05) is 22.3 Å². The van der Waals surface area contributed by atoms with E-state index in [-0.39, 0.29) is 12.5 Å². The molecule has 0 radical (unpaired) electrons. The number of nitrogen functional groups attached to an aromatic ring is 1. The van der Waals surface area contributed by atoms with E-state index in [1.807, 2.05) is 30.5 Å². The zero-order chi connectivity index (χ0) is 14.4. The van der Waals surface area contributed by atoms with Gasteiger partial charge in [0.1, 0.15) is 5.75 Å². The summed E-state index contributed by atoms with van der Waals surface area (Å²) in [6.45, 7) is -0.0479. The van der Waals surface area contributed by atoms with Gasteiger partial charge in [-0.1, -0.05) is 6.07 Å². The molecule has 4 nitrogen and oxygen atoms in total. The molecule has 0 saturated heterocycles. The van der Waals surface area contributed by atoms with Crippen molar-refractivity contribution in [3.8, 4) is 5.75 Å². The van der Waals surface area contributed by atoms with Crippen molar-refractivity contribution in [3.63, 3.8) is 0 Å². The average Bonchev–Trinajstić information content (AvgIpc) is 2.46. The number of carbonyl (C=O) groups is 1. The van der Waals surface area contributed by atoms with Crippen LogP contribution in [0.15, 0.2) is 53.4 Å². The van der Waals surface area contributed by atoms with Crippen LogP contribution in [0.25, 0.3) is 0 Å². The third-order valence-corrected chi connectivity index (χ3v) is 3.35. The highest BCUT2D eigenvalue weighted by atomic mass is 32.2. The summed E-state index contributed by atoms with van der Waals surface area (Å²) in [5.41, 5.74) is 6.99. The van der Waals surface area contributed by atoms with Crippen molar-refractivity contribution in [3.05, 3.63) is 48.5 Å². The number of ether oxygens (including phenoxy) is 1. The fraction of sp³-hybridized carbons (Fsp3) is 0.133. The topological polar surface area (TPSA) is 64.3 Å². The van der Waals surface area contributed by atoms with Gasteiger partial charge in [0.15, 0.2) is 6.61 Å². The molecule has 0 saturated carbocycles. The molecule has 0 spiro atoms. The van der Waals surface area contributed by atoms with Crippen molar-refractivity contribution in [1.82, 2.24) is 0 Å². The molecular weight excluding hydrogens is 272 g/mol. The lowest BCUT2D eigenvalue weighted by Crippen LogP contribution is -2.20. The normalized spacial score (nSPS) is 10.1. The lowest BCUT2D eigenvalue weighted by Gasteiger charge is -2.08. The van der Waals surface area contributed by atoms with E-state index in [9.17, 15) is 4.79 Å². The molecule has 2 aromatic carbocycles. The fourth-order valence-electron chi connectivity index (χ4n) is 1.62. The summed E-state index contributed by atoms with van der Waals surface area (Å²) in [6.07, 6.45) is 2.01. The Bertz CT molecular complexity index is 585. The van der Waals surface area contributed by atoms with Crippen LogP contribution in [0.2, 0.25) is 0 Å². The van der Waals surface area contributed by atoms with Crippen LogP contribution in [0.5, 0.6) is 5.75 Å². The number of nitrogens with two attached hydrogens (primary N) is 1. The Morgan fingerprint density at radius 2 is 2.00 bits per heavy atom. The van der Waals surface area contributed by atoms with Crippen LogP contribution in [0.4, 0.5) is 11.4 Å². The zero-order valence-corrected chi connectivity index (χ0v) is 11.9. The zero-order valence-electron chi connectivity index (χ0n) is 11.1. The monoisotopic (exact) mass is 288 g/mol. The van der Waals surface area contributed by atoms with Crippen molar-refractivity contribution in [1.29, 1.82) is 0 Å². The van der Waals surface area contributed by atoms with E-state index in [0.717, 1.165) is 10.6 Å². The quantitative estimate of drug-likeness (QED) is 0.655. The van der Waals surface area contributed by atoms with Gasteiger partial charge in [0.25, 0.3) is 5.91 Å². The van der Waals surface area contributed by atoms with Gasteiger partial charge in [-0.25, -0.2) is 0 Å². The summed E-state index contributed by atoms with van der Waals surface area (Å²) in [5.74, 6) is 0.377. The lowest BCUT2D eigenvalue weighted by atomic mass is 10.3. The van der Waals surface area contributed by atoms with Crippen LogP contribution in [-0.2, 0) is 4.79 Å². The van der Waals surface area contributed by atoms with Gasteiger partial charge in [-0.05, 0) is 42.7 Å². The Kier molecular flexibility index (Phi) is 4.90. The number of hydrogen-bond donors (Lipinski definition) is 2. The summed E-state index contributed by atoms with van der Waals surface area (Å²) in [7, 11) is 0. The minimum absolute atomic E-state index is 0.0479. The number of thioether (sulfide) groups is 1. The van der Waals surface area contributed by atoms with Gasteiger partial charge in [-0.15, -0.1) is 11.8 Å². The molecule has 2 rings (SSSR count). The van der Waals surface area contributed by atoms with Crippen LogP contribution in [0, 0.1) is 0 Å². The van der Waals surface area contributed by atoms with Crippen molar-refractivity contribution >= 4 is 29.0 Å². The van der Waals surface area contributed by atoms with E-state index in [0.29, 0.717) is 11.4 Å². The molecule has 5 heteroatoms. The predicted octanol–water partition coefficient (Wildman–Crippen LogP) is 3.01. The first-order valence-electron chi connectivity index (χ1n) is 6.09. The molecule has 1 amide bonds. The minimum atomic E-state index is -0.204. The number of rotatable bonds is 5. The minimum Gasteiger partial charge on any atom is -0.484 e. The SMILES string of the molecule is CSc1ccc(NC(=O)COc2cccc(N)c2)cc1. The molecule has 3 N–H and O–H groups in total. The molecule has 0 aliphatic rings. The van der Waals surface area contributed by atoms with Crippen LogP contribution >= 0.6 is 11.8 Å². The molecule has 0 heterocycles. The molecular formula is C15H16N2O2S. The number of hydrogen-bond acceptors (Lipinski definition) is 4. The molecule has 0 unspecified atom stereocenters.